The van der Waals surface area contributed by atoms with Crippen LogP contribution in [0.15, 0.2) is 102 Å². The van der Waals surface area contributed by atoms with Gasteiger partial charge in [-0.1, -0.05) is 112 Å². The monoisotopic (exact) mass is 384 g/mol. The minimum atomic E-state index is 0.384. The summed E-state index contributed by atoms with van der Waals surface area (Å²) in [5.41, 5.74) is 7.43. The van der Waals surface area contributed by atoms with E-state index in [1.165, 1.54) is 33.4 Å². The fraction of sp³-hybridized carbons (Fsp3) is 0.310. The standard InChI is InChI=1S/C29H36/c1-21(2)19-29-17-15-27(16-18-29)14-12-23(4)25(6)26(7)24(5)20-28-10-8-9-22(3)11-13-28/h8-18,20,22-23,25H,1,7,19H2,2-6H3. The third kappa shape index (κ3) is 7.38. The molecule has 0 fully saturated rings. The lowest BCUT2D eigenvalue weighted by Crippen LogP contribution is -2.09. The Morgan fingerprint density at radius 2 is 1.76 bits per heavy atom. The van der Waals surface area contributed by atoms with Crippen molar-refractivity contribution < 1.29 is 0 Å². The molecule has 0 nitrogen and oxygen atoms in total. The third-order valence-corrected chi connectivity index (χ3v) is 5.60. The largest absolute Gasteiger partial charge is 0.0998 e. The molecule has 3 atom stereocenters. The molecule has 0 aliphatic heterocycles. The van der Waals surface area contributed by atoms with Crippen LogP contribution in [0.5, 0.6) is 0 Å². The third-order valence-electron chi connectivity index (χ3n) is 5.60. The molecule has 0 heteroatoms. The highest BCUT2D eigenvalue weighted by Gasteiger charge is 2.14. The predicted octanol–water partition coefficient (Wildman–Crippen LogP) is 8.28. The van der Waals surface area contributed by atoms with E-state index in [2.05, 4.69) is 121 Å². The molecule has 0 saturated heterocycles. The second-order valence-corrected chi connectivity index (χ2v) is 8.50. The fourth-order valence-electron chi connectivity index (χ4n) is 3.36. The first-order valence-corrected chi connectivity index (χ1v) is 10.6. The van der Waals surface area contributed by atoms with E-state index < -0.39 is 0 Å². The van der Waals surface area contributed by atoms with Crippen molar-refractivity contribution in [2.45, 2.75) is 41.0 Å². The van der Waals surface area contributed by atoms with E-state index in [0.29, 0.717) is 17.8 Å². The average molecular weight is 385 g/mol. The maximum Gasteiger partial charge on any atom is -0.00726 e. The molecule has 0 heterocycles. The van der Waals surface area contributed by atoms with Gasteiger partial charge in [0.2, 0.25) is 0 Å². The van der Waals surface area contributed by atoms with Crippen LogP contribution in [0.25, 0.3) is 6.08 Å². The van der Waals surface area contributed by atoms with Crippen molar-refractivity contribution in [3.05, 3.63) is 113 Å². The Kier molecular flexibility index (Phi) is 8.46. The van der Waals surface area contributed by atoms with Crippen LogP contribution in [0.2, 0.25) is 0 Å². The average Bonchev–Trinajstić information content (AvgIpc) is 2.89. The SMILES string of the molecule is C=C(C)Cc1ccc(C=CC(C)C(C)C(=C)C(C)=CC2=CC=CC(C)C=C2)cc1. The van der Waals surface area contributed by atoms with Gasteiger partial charge in [-0.05, 0) is 65.9 Å². The molecule has 1 aromatic rings. The second-order valence-electron chi connectivity index (χ2n) is 8.50. The molecule has 1 aromatic carbocycles. The van der Waals surface area contributed by atoms with Gasteiger partial charge in [-0.3, -0.25) is 0 Å². The van der Waals surface area contributed by atoms with Gasteiger partial charge in [0.1, 0.15) is 0 Å². The Hall–Kier alpha value is -2.60. The zero-order chi connectivity index (χ0) is 21.4. The van der Waals surface area contributed by atoms with Gasteiger partial charge in [-0.2, -0.15) is 0 Å². The van der Waals surface area contributed by atoms with Gasteiger partial charge < -0.3 is 0 Å². The molecule has 152 valence electrons. The van der Waals surface area contributed by atoms with Crippen LogP contribution in [0.4, 0.5) is 0 Å². The van der Waals surface area contributed by atoms with Gasteiger partial charge in [0.15, 0.2) is 0 Å². The van der Waals surface area contributed by atoms with Crippen LogP contribution in [-0.4, -0.2) is 0 Å². The molecule has 0 bridgehead atoms. The van der Waals surface area contributed by atoms with Crippen molar-refractivity contribution in [1.82, 2.24) is 0 Å². The van der Waals surface area contributed by atoms with E-state index in [1.54, 1.807) is 0 Å². The van der Waals surface area contributed by atoms with Crippen LogP contribution < -0.4 is 0 Å². The molecule has 0 radical (unpaired) electrons. The zero-order valence-electron chi connectivity index (χ0n) is 18.8. The summed E-state index contributed by atoms with van der Waals surface area (Å²) >= 11 is 0. The molecule has 0 saturated carbocycles. The molecular weight excluding hydrogens is 348 g/mol. The minimum Gasteiger partial charge on any atom is -0.0998 e. The van der Waals surface area contributed by atoms with E-state index in [9.17, 15) is 0 Å². The quantitative estimate of drug-likeness (QED) is 0.312. The summed E-state index contributed by atoms with van der Waals surface area (Å²) in [4.78, 5) is 0. The van der Waals surface area contributed by atoms with Gasteiger partial charge in [0.05, 0.1) is 0 Å². The lowest BCUT2D eigenvalue weighted by Gasteiger charge is -2.20. The highest BCUT2D eigenvalue weighted by Crippen LogP contribution is 2.27. The first kappa shape index (κ1) is 22.7. The summed E-state index contributed by atoms with van der Waals surface area (Å²) in [6, 6.07) is 8.76. The fourth-order valence-corrected chi connectivity index (χ4v) is 3.36. The Labute approximate surface area is 178 Å². The summed E-state index contributed by atoms with van der Waals surface area (Å²) in [6.07, 6.45) is 18.7. The van der Waals surface area contributed by atoms with E-state index in [-0.39, 0.29) is 0 Å². The topological polar surface area (TPSA) is 0 Å². The molecule has 0 N–H and O–H groups in total. The Balaban J connectivity index is 2.01. The van der Waals surface area contributed by atoms with Crippen LogP contribution in [0.1, 0.15) is 45.7 Å². The highest BCUT2D eigenvalue weighted by atomic mass is 14.2. The highest BCUT2D eigenvalue weighted by molar-refractivity contribution is 5.51. The normalized spacial score (nSPS) is 19.0. The molecular formula is C29H36. The lowest BCUT2D eigenvalue weighted by molar-refractivity contribution is 0.537. The number of benzene rings is 1. The Morgan fingerprint density at radius 1 is 1.07 bits per heavy atom. The van der Waals surface area contributed by atoms with E-state index in [1.807, 2.05) is 0 Å². The van der Waals surface area contributed by atoms with Crippen LogP contribution in [-0.2, 0) is 6.42 Å². The predicted molar refractivity (Wildman–Crippen MR) is 131 cm³/mol. The van der Waals surface area contributed by atoms with Gasteiger partial charge >= 0.3 is 0 Å². The van der Waals surface area contributed by atoms with Gasteiger partial charge in [-0.25, -0.2) is 0 Å². The maximum absolute atomic E-state index is 4.39. The van der Waals surface area contributed by atoms with Gasteiger partial charge in [0, 0.05) is 0 Å². The van der Waals surface area contributed by atoms with Crippen LogP contribution in [0, 0.1) is 17.8 Å². The van der Waals surface area contributed by atoms with E-state index in [0.717, 1.165) is 6.42 Å². The molecule has 3 unspecified atom stereocenters. The number of allylic oxidation sites excluding steroid dienone is 11. The van der Waals surface area contributed by atoms with Gasteiger partial charge in [0.25, 0.3) is 0 Å². The molecule has 2 rings (SSSR count). The number of hydrogen-bond acceptors (Lipinski definition) is 0. The van der Waals surface area contributed by atoms with Crippen molar-refractivity contribution >= 4 is 6.08 Å². The Morgan fingerprint density at radius 3 is 2.41 bits per heavy atom. The molecule has 0 spiro atoms. The number of hydrogen-bond donors (Lipinski definition) is 0. The number of rotatable bonds is 8. The van der Waals surface area contributed by atoms with Crippen molar-refractivity contribution in [2.75, 3.05) is 0 Å². The van der Waals surface area contributed by atoms with Crippen molar-refractivity contribution in [3.63, 3.8) is 0 Å². The second kappa shape index (κ2) is 10.8. The molecule has 1 aliphatic rings. The van der Waals surface area contributed by atoms with Crippen molar-refractivity contribution in [1.29, 1.82) is 0 Å². The summed E-state index contributed by atoms with van der Waals surface area (Å²) in [7, 11) is 0. The van der Waals surface area contributed by atoms with Crippen molar-refractivity contribution in [2.24, 2.45) is 17.8 Å². The minimum absolute atomic E-state index is 0.384. The summed E-state index contributed by atoms with van der Waals surface area (Å²) in [6.45, 7) is 19.4. The smallest absolute Gasteiger partial charge is 0.00726 e. The zero-order valence-corrected chi connectivity index (χ0v) is 18.8. The first-order chi connectivity index (χ1) is 13.8. The molecule has 0 amide bonds. The van der Waals surface area contributed by atoms with Crippen LogP contribution >= 0.6 is 0 Å². The van der Waals surface area contributed by atoms with E-state index in [4.69, 9.17) is 0 Å². The summed E-state index contributed by atoms with van der Waals surface area (Å²) in [5.74, 6) is 1.29. The molecule has 0 aromatic heterocycles. The lowest BCUT2D eigenvalue weighted by atomic mass is 9.85. The summed E-state index contributed by atoms with van der Waals surface area (Å²) < 4.78 is 0. The van der Waals surface area contributed by atoms with Crippen LogP contribution in [0.3, 0.4) is 0 Å². The van der Waals surface area contributed by atoms with E-state index >= 15 is 0 Å². The Bertz CT molecular complexity index is 865. The summed E-state index contributed by atoms with van der Waals surface area (Å²) in [5, 5.41) is 0. The molecule has 29 heavy (non-hydrogen) atoms. The first-order valence-electron chi connectivity index (χ1n) is 10.6. The van der Waals surface area contributed by atoms with Gasteiger partial charge in [-0.15, -0.1) is 0 Å². The maximum atomic E-state index is 4.39. The molecule has 1 aliphatic carbocycles. The van der Waals surface area contributed by atoms with Crippen molar-refractivity contribution in [3.8, 4) is 0 Å².